The van der Waals surface area contributed by atoms with Crippen LogP contribution in [0.2, 0.25) is 0 Å². The molecule has 6 heteroatoms. The van der Waals surface area contributed by atoms with Crippen LogP contribution in [0.5, 0.6) is 0 Å². The van der Waals surface area contributed by atoms with E-state index in [1.807, 2.05) is 19.9 Å². The zero-order valence-corrected chi connectivity index (χ0v) is 9.82. The number of nitrogens with two attached hydrogens (primary N) is 1. The lowest BCUT2D eigenvalue weighted by molar-refractivity contribution is 0.886. The summed E-state index contributed by atoms with van der Waals surface area (Å²) in [6, 6.07) is 5.44. The van der Waals surface area contributed by atoms with E-state index in [2.05, 4.69) is 20.2 Å². The van der Waals surface area contributed by atoms with Crippen LogP contribution in [0.3, 0.4) is 0 Å². The predicted octanol–water partition coefficient (Wildman–Crippen LogP) is 1.62. The van der Waals surface area contributed by atoms with Gasteiger partial charge in [-0.1, -0.05) is 0 Å². The molecule has 0 fully saturated rings. The summed E-state index contributed by atoms with van der Waals surface area (Å²) in [5.74, 6) is 0.408. The molecule has 0 unspecified atom stereocenters. The maximum Gasteiger partial charge on any atom is 0.194 e. The van der Waals surface area contributed by atoms with Gasteiger partial charge in [0.25, 0.3) is 0 Å². The van der Waals surface area contributed by atoms with Gasteiger partial charge >= 0.3 is 0 Å². The second-order valence-electron chi connectivity index (χ2n) is 3.33. The van der Waals surface area contributed by atoms with Gasteiger partial charge in [0.05, 0.1) is 0 Å². The molecular formula is C10H11N5S. The first-order valence-corrected chi connectivity index (χ1v) is 5.54. The lowest BCUT2D eigenvalue weighted by Crippen LogP contribution is -1.95. The van der Waals surface area contributed by atoms with Crippen LogP contribution in [-0.4, -0.2) is 20.2 Å². The molecule has 0 saturated carbocycles. The number of anilines is 1. The number of hydrogen-bond acceptors (Lipinski definition) is 6. The maximum absolute atomic E-state index is 5.45. The molecule has 0 aliphatic carbocycles. The third-order valence-electron chi connectivity index (χ3n) is 1.82. The van der Waals surface area contributed by atoms with E-state index in [-0.39, 0.29) is 0 Å². The average molecular weight is 233 g/mol. The second kappa shape index (κ2) is 4.44. The molecule has 0 amide bonds. The molecule has 0 spiro atoms. The highest BCUT2D eigenvalue weighted by atomic mass is 32.2. The van der Waals surface area contributed by atoms with Crippen LogP contribution >= 0.6 is 11.8 Å². The highest BCUT2D eigenvalue weighted by Gasteiger charge is 2.04. The molecule has 0 saturated heterocycles. The molecule has 2 heterocycles. The van der Waals surface area contributed by atoms with Crippen molar-refractivity contribution >= 4 is 17.6 Å². The highest BCUT2D eigenvalue weighted by Crippen LogP contribution is 2.22. The molecule has 0 radical (unpaired) electrons. The van der Waals surface area contributed by atoms with Crippen molar-refractivity contribution in [2.24, 2.45) is 0 Å². The van der Waals surface area contributed by atoms with E-state index in [1.54, 1.807) is 12.1 Å². The minimum absolute atomic E-state index is 0.408. The quantitative estimate of drug-likeness (QED) is 0.794. The molecule has 0 aliphatic rings. The summed E-state index contributed by atoms with van der Waals surface area (Å²) in [6.07, 6.45) is 0. The molecule has 0 atom stereocenters. The summed E-state index contributed by atoms with van der Waals surface area (Å²) in [4.78, 5) is 8.61. The maximum atomic E-state index is 5.45. The first-order valence-electron chi connectivity index (χ1n) is 4.73. The van der Waals surface area contributed by atoms with Gasteiger partial charge in [-0.3, -0.25) is 0 Å². The van der Waals surface area contributed by atoms with Gasteiger partial charge in [-0.25, -0.2) is 9.97 Å². The Kier molecular flexibility index (Phi) is 3.00. The van der Waals surface area contributed by atoms with Crippen LogP contribution in [0, 0.1) is 13.8 Å². The van der Waals surface area contributed by atoms with Crippen molar-refractivity contribution in [2.45, 2.75) is 24.0 Å². The number of nitrogens with zero attached hydrogens (tertiary/aromatic N) is 4. The molecule has 0 aromatic carbocycles. The Morgan fingerprint density at radius 2 is 1.75 bits per heavy atom. The zero-order chi connectivity index (χ0) is 11.5. The fraction of sp³-hybridized carbons (Fsp3) is 0.200. The molecule has 2 aromatic heterocycles. The van der Waals surface area contributed by atoms with Crippen LogP contribution < -0.4 is 5.73 Å². The third kappa shape index (κ3) is 2.66. The molecule has 5 nitrogen and oxygen atoms in total. The van der Waals surface area contributed by atoms with E-state index >= 15 is 0 Å². The Labute approximate surface area is 97.5 Å². The van der Waals surface area contributed by atoms with Gasteiger partial charge in [0, 0.05) is 11.4 Å². The molecular weight excluding hydrogens is 222 g/mol. The Morgan fingerprint density at radius 3 is 2.31 bits per heavy atom. The largest absolute Gasteiger partial charge is 0.382 e. The van der Waals surface area contributed by atoms with Gasteiger partial charge in [0.2, 0.25) is 0 Å². The minimum Gasteiger partial charge on any atom is -0.382 e. The number of aryl methyl sites for hydroxylation is 2. The van der Waals surface area contributed by atoms with E-state index < -0.39 is 0 Å². The van der Waals surface area contributed by atoms with Crippen LogP contribution in [0.1, 0.15) is 11.4 Å². The van der Waals surface area contributed by atoms with Gasteiger partial charge in [0.15, 0.2) is 5.16 Å². The third-order valence-corrected chi connectivity index (χ3v) is 2.61. The highest BCUT2D eigenvalue weighted by molar-refractivity contribution is 7.99. The van der Waals surface area contributed by atoms with E-state index in [0.717, 1.165) is 16.4 Å². The smallest absolute Gasteiger partial charge is 0.194 e. The molecule has 82 valence electrons. The monoisotopic (exact) mass is 233 g/mol. The lowest BCUT2D eigenvalue weighted by Gasteiger charge is -2.01. The van der Waals surface area contributed by atoms with Crippen molar-refractivity contribution in [1.29, 1.82) is 0 Å². The molecule has 2 aromatic rings. The van der Waals surface area contributed by atoms with Crippen LogP contribution in [-0.2, 0) is 0 Å². The fourth-order valence-electron chi connectivity index (χ4n) is 1.22. The van der Waals surface area contributed by atoms with Gasteiger partial charge < -0.3 is 5.73 Å². The predicted molar refractivity (Wildman–Crippen MR) is 62.1 cm³/mol. The average Bonchev–Trinajstić information content (AvgIpc) is 2.20. The Hall–Kier alpha value is -1.69. The van der Waals surface area contributed by atoms with Crippen molar-refractivity contribution in [1.82, 2.24) is 20.2 Å². The standard InChI is InChI=1S/C10H11N5S/c1-6-5-7(2)13-10(12-6)16-9-4-3-8(11)14-15-9/h3-5H,1-2H3,(H2,11,14). The van der Waals surface area contributed by atoms with Crippen molar-refractivity contribution in [3.63, 3.8) is 0 Å². The van der Waals surface area contributed by atoms with Crippen molar-refractivity contribution in [3.8, 4) is 0 Å². The topological polar surface area (TPSA) is 77.6 Å². The molecule has 0 bridgehead atoms. The zero-order valence-electron chi connectivity index (χ0n) is 9.01. The number of rotatable bonds is 2. The first kappa shape index (κ1) is 10.8. The van der Waals surface area contributed by atoms with Crippen molar-refractivity contribution in [3.05, 3.63) is 29.6 Å². The summed E-state index contributed by atoms with van der Waals surface area (Å²) in [6.45, 7) is 3.88. The fourth-order valence-corrected chi connectivity index (χ4v) is 2.00. The van der Waals surface area contributed by atoms with Gasteiger partial charge in [0.1, 0.15) is 10.8 Å². The van der Waals surface area contributed by atoms with Crippen LogP contribution in [0.25, 0.3) is 0 Å². The molecule has 2 rings (SSSR count). The Balaban J connectivity index is 2.23. The Bertz CT molecular complexity index is 477. The van der Waals surface area contributed by atoms with Crippen LogP contribution in [0.4, 0.5) is 5.82 Å². The van der Waals surface area contributed by atoms with Crippen LogP contribution in [0.15, 0.2) is 28.4 Å². The first-order chi connectivity index (χ1) is 7.63. The SMILES string of the molecule is Cc1cc(C)nc(Sc2ccc(N)nn2)n1. The second-order valence-corrected chi connectivity index (χ2v) is 4.32. The molecule has 0 aliphatic heterocycles. The summed E-state index contributed by atoms with van der Waals surface area (Å²) in [5, 5.41) is 9.13. The summed E-state index contributed by atoms with van der Waals surface area (Å²) in [7, 11) is 0. The molecule has 2 N–H and O–H groups in total. The minimum atomic E-state index is 0.408. The van der Waals surface area contributed by atoms with E-state index in [4.69, 9.17) is 5.73 Å². The lowest BCUT2D eigenvalue weighted by atomic mass is 10.4. The van der Waals surface area contributed by atoms with E-state index in [9.17, 15) is 0 Å². The Morgan fingerprint density at radius 1 is 1.06 bits per heavy atom. The summed E-state index contributed by atoms with van der Waals surface area (Å²) in [5.41, 5.74) is 7.34. The van der Waals surface area contributed by atoms with Crippen molar-refractivity contribution in [2.75, 3.05) is 5.73 Å². The molecule has 16 heavy (non-hydrogen) atoms. The van der Waals surface area contributed by atoms with E-state index in [1.165, 1.54) is 11.8 Å². The van der Waals surface area contributed by atoms with Gasteiger partial charge in [-0.2, -0.15) is 0 Å². The number of aromatic nitrogens is 4. The summed E-state index contributed by atoms with van der Waals surface area (Å²) < 4.78 is 0. The van der Waals surface area contributed by atoms with Crippen molar-refractivity contribution < 1.29 is 0 Å². The van der Waals surface area contributed by atoms with E-state index in [0.29, 0.717) is 11.0 Å². The number of nitrogen functional groups attached to an aromatic ring is 1. The summed E-state index contributed by atoms with van der Waals surface area (Å²) >= 11 is 1.37. The number of hydrogen-bond donors (Lipinski definition) is 1. The van der Waals surface area contributed by atoms with Gasteiger partial charge in [-0.15, -0.1) is 10.2 Å². The van der Waals surface area contributed by atoms with Gasteiger partial charge in [-0.05, 0) is 43.8 Å². The normalized spacial score (nSPS) is 10.4.